The predicted molar refractivity (Wildman–Crippen MR) is 170 cm³/mol. The molecule has 0 aliphatic carbocycles. The molecule has 0 spiro atoms. The number of methoxy groups -OCH3 is 1. The molecule has 2 aromatic carbocycles. The molecule has 1 atom stereocenters. The molecule has 0 unspecified atom stereocenters. The second-order valence-electron chi connectivity index (χ2n) is 10.2. The molecule has 226 valence electrons. The summed E-state index contributed by atoms with van der Waals surface area (Å²) >= 11 is 2.17. The number of hydrogen-bond donors (Lipinski definition) is 2. The molecule has 3 heterocycles. The summed E-state index contributed by atoms with van der Waals surface area (Å²) in [5, 5.41) is 11.7. The predicted octanol–water partition coefficient (Wildman–Crippen LogP) is 5.53. The zero-order valence-electron chi connectivity index (χ0n) is 24.2. The van der Waals surface area contributed by atoms with E-state index in [9.17, 15) is 14.0 Å². The van der Waals surface area contributed by atoms with Gasteiger partial charge in [0.15, 0.2) is 5.82 Å². The maximum Gasteiger partial charge on any atom is 0.414 e. The average Bonchev–Trinajstić information content (AvgIpc) is 3.41. The van der Waals surface area contributed by atoms with Crippen LogP contribution in [0, 0.1) is 9.39 Å². The molecule has 43 heavy (non-hydrogen) atoms. The van der Waals surface area contributed by atoms with Gasteiger partial charge < -0.3 is 20.1 Å². The minimum Gasteiger partial charge on any atom is -0.496 e. The lowest BCUT2D eigenvalue weighted by Crippen LogP contribution is -2.49. The van der Waals surface area contributed by atoms with Crippen molar-refractivity contribution in [1.82, 2.24) is 25.1 Å². The van der Waals surface area contributed by atoms with E-state index >= 15 is 0 Å². The second kappa shape index (κ2) is 13.6. The molecule has 0 bridgehead atoms. The molecule has 2 aromatic heterocycles. The molecule has 0 radical (unpaired) electrons. The summed E-state index contributed by atoms with van der Waals surface area (Å²) in [5.74, 6) is -0.876. The number of carbonyl (C=O) groups excluding carboxylic acids is 2. The van der Waals surface area contributed by atoms with Crippen molar-refractivity contribution in [3.63, 3.8) is 0 Å². The van der Waals surface area contributed by atoms with E-state index in [0.717, 1.165) is 35.8 Å². The van der Waals surface area contributed by atoms with E-state index in [4.69, 9.17) is 9.47 Å². The number of nitrogens with one attached hydrogen (secondary N) is 2. The summed E-state index contributed by atoms with van der Waals surface area (Å²) in [6, 6.07) is 7.42. The number of rotatable bonds is 9. The monoisotopic (exact) mass is 701 g/mol. The quantitative estimate of drug-likeness (QED) is 0.173. The van der Waals surface area contributed by atoms with E-state index < -0.39 is 17.8 Å². The number of amides is 2. The summed E-state index contributed by atoms with van der Waals surface area (Å²) in [6.45, 7) is 3.75. The maximum atomic E-state index is 14.8. The molecule has 13 heteroatoms. The number of unbranched alkanes of at least 4 members (excludes halogenated alkanes) is 1. The smallest absolute Gasteiger partial charge is 0.414 e. The third kappa shape index (κ3) is 6.56. The Morgan fingerprint density at radius 3 is 2.88 bits per heavy atom. The Labute approximate surface area is 262 Å². The molecule has 0 saturated carbocycles. The molecular weight excluding hydrogens is 668 g/mol. The minimum absolute atomic E-state index is 0.00882. The highest BCUT2D eigenvalue weighted by Gasteiger charge is 2.33. The van der Waals surface area contributed by atoms with Gasteiger partial charge in [-0.15, -0.1) is 0 Å². The van der Waals surface area contributed by atoms with Crippen LogP contribution in [0.2, 0.25) is 0 Å². The maximum absolute atomic E-state index is 14.8. The van der Waals surface area contributed by atoms with Gasteiger partial charge in [0.05, 0.1) is 36.7 Å². The summed E-state index contributed by atoms with van der Waals surface area (Å²) in [7, 11) is 3.23. The van der Waals surface area contributed by atoms with Crippen LogP contribution in [-0.2, 0) is 11.8 Å². The molecule has 5 rings (SSSR count). The largest absolute Gasteiger partial charge is 0.496 e. The first-order valence-electron chi connectivity index (χ1n) is 14.1. The van der Waals surface area contributed by atoms with Crippen molar-refractivity contribution in [3.05, 3.63) is 57.8 Å². The van der Waals surface area contributed by atoms with E-state index in [1.54, 1.807) is 21.7 Å². The Bertz CT molecular complexity index is 1640. The highest BCUT2D eigenvalue weighted by atomic mass is 127. The summed E-state index contributed by atoms with van der Waals surface area (Å²) < 4.78 is 28.3. The number of halogens is 2. The highest BCUT2D eigenvalue weighted by molar-refractivity contribution is 14.1. The molecule has 2 amide bonds. The van der Waals surface area contributed by atoms with Crippen LogP contribution in [-0.4, -0.2) is 64.6 Å². The van der Waals surface area contributed by atoms with Gasteiger partial charge in [-0.2, -0.15) is 5.10 Å². The topological polar surface area (TPSA) is 124 Å². The van der Waals surface area contributed by atoms with E-state index in [0.29, 0.717) is 28.8 Å². The lowest BCUT2D eigenvalue weighted by molar-refractivity contribution is 0.102. The van der Waals surface area contributed by atoms with Gasteiger partial charge in [0.1, 0.15) is 22.8 Å². The van der Waals surface area contributed by atoms with Crippen molar-refractivity contribution in [2.45, 2.75) is 38.6 Å². The highest BCUT2D eigenvalue weighted by Crippen LogP contribution is 2.40. The van der Waals surface area contributed by atoms with Crippen LogP contribution in [0.1, 0.15) is 43.1 Å². The standard InChI is InChI=1S/C30H33FIN7O4/c1-4-5-14-43-30(41)39(18-8-7-12-33-16-18)27-19-17-38(2)37-26(19)21(32)15-23(27)36-29(40)22-11-13-34-28(35-22)25-20(31)9-6-10-24(25)42-3/h6,9-11,13,15,17-18,33H,4-5,7-8,12,14,16H2,1-3H3,(H,36,40)/t18-/m0/s1. The van der Waals surface area contributed by atoms with Crippen molar-refractivity contribution in [3.8, 4) is 17.1 Å². The Balaban J connectivity index is 1.58. The van der Waals surface area contributed by atoms with Crippen molar-refractivity contribution < 1.29 is 23.5 Å². The fourth-order valence-electron chi connectivity index (χ4n) is 5.14. The SMILES string of the molecule is CCCCOC(=O)N(c1c(NC(=O)c2ccnc(-c3c(F)cccc3OC)n2)cc(I)c2nn(C)cc12)[C@H]1CCCNC1. The number of aryl methyl sites for hydroxylation is 1. The number of hydrogen-bond acceptors (Lipinski definition) is 8. The van der Waals surface area contributed by atoms with Crippen LogP contribution in [0.5, 0.6) is 5.75 Å². The number of nitrogens with zero attached hydrogens (tertiary/aromatic N) is 5. The first-order valence-corrected chi connectivity index (χ1v) is 15.2. The van der Waals surface area contributed by atoms with Crippen molar-refractivity contribution in [2.24, 2.45) is 7.05 Å². The fraction of sp³-hybridized carbons (Fsp3) is 0.367. The van der Waals surface area contributed by atoms with E-state index in [1.807, 2.05) is 20.2 Å². The summed E-state index contributed by atoms with van der Waals surface area (Å²) in [6.07, 6.45) is 6.01. The number of aromatic nitrogens is 4. The zero-order chi connectivity index (χ0) is 30.5. The first-order chi connectivity index (χ1) is 20.8. The molecular formula is C30H33FIN7O4. The van der Waals surface area contributed by atoms with E-state index in [2.05, 4.69) is 48.3 Å². The number of fused-ring (bicyclic) bond motifs is 1. The van der Waals surface area contributed by atoms with Gasteiger partial charge in [0.25, 0.3) is 5.91 Å². The van der Waals surface area contributed by atoms with Gasteiger partial charge in [-0.3, -0.25) is 14.4 Å². The number of anilines is 2. The first kappa shape index (κ1) is 30.6. The Morgan fingerprint density at radius 2 is 2.14 bits per heavy atom. The number of carbonyl (C=O) groups is 2. The lowest BCUT2D eigenvalue weighted by Gasteiger charge is -2.35. The molecule has 1 aliphatic heterocycles. The van der Waals surface area contributed by atoms with Gasteiger partial charge in [0.2, 0.25) is 0 Å². The summed E-state index contributed by atoms with van der Waals surface area (Å²) in [4.78, 5) is 37.7. The number of benzene rings is 2. The van der Waals surface area contributed by atoms with Crippen molar-refractivity contribution >= 4 is 56.9 Å². The van der Waals surface area contributed by atoms with E-state index in [1.165, 1.54) is 31.5 Å². The van der Waals surface area contributed by atoms with Crippen LogP contribution >= 0.6 is 22.6 Å². The van der Waals surface area contributed by atoms with Crippen LogP contribution in [0.25, 0.3) is 22.3 Å². The second-order valence-corrected chi connectivity index (χ2v) is 11.4. The third-order valence-electron chi connectivity index (χ3n) is 7.19. The molecule has 4 aromatic rings. The molecule has 11 nitrogen and oxygen atoms in total. The van der Waals surface area contributed by atoms with Crippen LogP contribution < -0.4 is 20.3 Å². The van der Waals surface area contributed by atoms with Gasteiger partial charge in [-0.25, -0.2) is 19.2 Å². The average molecular weight is 702 g/mol. The number of piperidine rings is 1. The van der Waals surface area contributed by atoms with Crippen LogP contribution in [0.4, 0.5) is 20.6 Å². The minimum atomic E-state index is -0.575. The normalized spacial score (nSPS) is 14.9. The van der Waals surface area contributed by atoms with Crippen molar-refractivity contribution in [1.29, 1.82) is 0 Å². The van der Waals surface area contributed by atoms with Gasteiger partial charge in [0, 0.05) is 34.9 Å². The fourth-order valence-corrected chi connectivity index (χ4v) is 5.84. The van der Waals surface area contributed by atoms with Crippen LogP contribution in [0.3, 0.4) is 0 Å². The molecule has 2 N–H and O–H groups in total. The molecule has 1 saturated heterocycles. The van der Waals surface area contributed by atoms with Gasteiger partial charge in [-0.05, 0) is 72.7 Å². The zero-order valence-corrected chi connectivity index (χ0v) is 26.4. The van der Waals surface area contributed by atoms with Gasteiger partial charge >= 0.3 is 6.09 Å². The summed E-state index contributed by atoms with van der Waals surface area (Å²) in [5.41, 5.74) is 1.66. The Hall–Kier alpha value is -3.85. The molecule has 1 fully saturated rings. The van der Waals surface area contributed by atoms with Crippen LogP contribution in [0.15, 0.2) is 42.7 Å². The number of ether oxygens (including phenoxy) is 2. The molecule has 1 aliphatic rings. The Kier molecular flexibility index (Phi) is 9.70. The van der Waals surface area contributed by atoms with Crippen molar-refractivity contribution in [2.75, 3.05) is 37.0 Å². The lowest BCUT2D eigenvalue weighted by atomic mass is 10.0. The third-order valence-corrected chi connectivity index (χ3v) is 8.01. The van der Waals surface area contributed by atoms with Gasteiger partial charge in [-0.1, -0.05) is 19.4 Å². The Morgan fingerprint density at radius 1 is 1.30 bits per heavy atom. The van der Waals surface area contributed by atoms with E-state index in [-0.39, 0.29) is 35.5 Å².